The number of methoxy groups -OCH3 is 1. The van der Waals surface area contributed by atoms with Gasteiger partial charge in [-0.25, -0.2) is 0 Å². The zero-order valence-electron chi connectivity index (χ0n) is 9.86. The Morgan fingerprint density at radius 3 is 2.53 bits per heavy atom. The molecule has 0 spiro atoms. The number of ether oxygens (including phenoxy) is 2. The Hall–Kier alpha value is -1.68. The number of carbonyl (C=O) groups excluding carboxylic acids is 2. The lowest BCUT2D eigenvalue weighted by Crippen LogP contribution is -2.55. The summed E-state index contributed by atoms with van der Waals surface area (Å²) in [7, 11) is 1.28. The van der Waals surface area contributed by atoms with Crippen molar-refractivity contribution in [1.82, 2.24) is 0 Å². The van der Waals surface area contributed by atoms with Gasteiger partial charge < -0.3 is 9.47 Å². The summed E-state index contributed by atoms with van der Waals surface area (Å²) in [5.41, 5.74) is 0.373. The largest absolute Gasteiger partial charge is 0.468 e. The van der Waals surface area contributed by atoms with Crippen molar-refractivity contribution in [2.75, 3.05) is 20.3 Å². The quantitative estimate of drug-likeness (QED) is 0.450. The van der Waals surface area contributed by atoms with E-state index in [1.54, 1.807) is 18.2 Å². The summed E-state index contributed by atoms with van der Waals surface area (Å²) < 4.78 is 9.70. The molecular formula is C13H14O4. The molecule has 90 valence electrons. The molecule has 2 rings (SSSR count). The summed E-state index contributed by atoms with van der Waals surface area (Å²) in [4.78, 5) is 24.0. The van der Waals surface area contributed by atoms with Crippen molar-refractivity contribution in [3.8, 4) is 0 Å². The van der Waals surface area contributed by atoms with Crippen molar-refractivity contribution < 1.29 is 19.1 Å². The van der Waals surface area contributed by atoms with Gasteiger partial charge in [0.05, 0.1) is 20.3 Å². The van der Waals surface area contributed by atoms with Gasteiger partial charge in [0.15, 0.2) is 11.2 Å². The molecule has 4 heteroatoms. The van der Waals surface area contributed by atoms with E-state index in [1.165, 1.54) is 7.11 Å². The lowest BCUT2D eigenvalue weighted by atomic mass is 9.78. The molecule has 1 heterocycles. The fourth-order valence-electron chi connectivity index (χ4n) is 1.91. The van der Waals surface area contributed by atoms with E-state index in [1.807, 2.05) is 13.0 Å². The third-order valence-corrected chi connectivity index (χ3v) is 2.99. The van der Waals surface area contributed by atoms with Crippen LogP contribution in [0.3, 0.4) is 0 Å². The smallest absolute Gasteiger partial charge is 0.324 e. The van der Waals surface area contributed by atoms with Crippen LogP contribution in [0.2, 0.25) is 0 Å². The Morgan fingerprint density at radius 2 is 2.06 bits per heavy atom. The molecule has 1 aliphatic rings. The van der Waals surface area contributed by atoms with E-state index in [-0.39, 0.29) is 19.0 Å². The number of esters is 1. The molecule has 1 saturated heterocycles. The first kappa shape index (κ1) is 11.8. The molecule has 0 bridgehead atoms. The second kappa shape index (κ2) is 4.30. The van der Waals surface area contributed by atoms with Crippen LogP contribution in [0.4, 0.5) is 0 Å². The number of carbonyl (C=O) groups is 2. The number of hydrogen-bond acceptors (Lipinski definition) is 4. The highest BCUT2D eigenvalue weighted by molar-refractivity contribution is 6.13. The van der Waals surface area contributed by atoms with Crippen LogP contribution in [0, 0.1) is 12.3 Å². The minimum atomic E-state index is -1.14. The number of Topliss-reactive ketones (excluding diaryl/α,β-unsaturated/α-hetero) is 1. The summed E-state index contributed by atoms with van der Waals surface area (Å²) in [6.45, 7) is 2.11. The summed E-state index contributed by atoms with van der Waals surface area (Å²) in [6.07, 6.45) is 0. The minimum absolute atomic E-state index is 0.104. The van der Waals surface area contributed by atoms with Crippen LogP contribution in [0.15, 0.2) is 24.3 Å². The molecule has 0 amide bonds. The van der Waals surface area contributed by atoms with Gasteiger partial charge in [0.25, 0.3) is 0 Å². The standard InChI is InChI=1S/C13H14O4/c1-9-4-3-5-10(6-9)11(14)13(7-17-8-13)12(15)16-2/h3-6H,7-8H2,1-2H3. The molecule has 0 aromatic heterocycles. The summed E-state index contributed by atoms with van der Waals surface area (Å²) >= 11 is 0. The maximum Gasteiger partial charge on any atom is 0.324 e. The predicted octanol–water partition coefficient (Wildman–Crippen LogP) is 1.37. The SMILES string of the molecule is COC(=O)C1(C(=O)c2cccc(C)c2)COC1. The molecule has 1 aromatic rings. The Kier molecular flexibility index (Phi) is 2.98. The lowest BCUT2D eigenvalue weighted by molar-refractivity contribution is -0.172. The average molecular weight is 234 g/mol. The molecule has 0 unspecified atom stereocenters. The third kappa shape index (κ3) is 1.85. The Bertz CT molecular complexity index is 460. The Balaban J connectivity index is 2.33. The van der Waals surface area contributed by atoms with E-state index in [0.29, 0.717) is 5.56 Å². The van der Waals surface area contributed by atoms with E-state index >= 15 is 0 Å². The van der Waals surface area contributed by atoms with Gasteiger partial charge in [-0.1, -0.05) is 23.8 Å². The highest BCUT2D eigenvalue weighted by Crippen LogP contribution is 2.33. The average Bonchev–Trinajstić information content (AvgIpc) is 2.27. The van der Waals surface area contributed by atoms with Crippen LogP contribution in [0.1, 0.15) is 15.9 Å². The fraction of sp³-hybridized carbons (Fsp3) is 0.385. The van der Waals surface area contributed by atoms with Crippen molar-refractivity contribution in [2.45, 2.75) is 6.92 Å². The van der Waals surface area contributed by atoms with Crippen LogP contribution in [-0.2, 0) is 14.3 Å². The van der Waals surface area contributed by atoms with Gasteiger partial charge in [-0.15, -0.1) is 0 Å². The number of benzene rings is 1. The van der Waals surface area contributed by atoms with Gasteiger partial charge in [-0.05, 0) is 13.0 Å². The molecule has 0 radical (unpaired) electrons. The van der Waals surface area contributed by atoms with Gasteiger partial charge in [-0.3, -0.25) is 9.59 Å². The zero-order valence-corrected chi connectivity index (χ0v) is 9.86. The van der Waals surface area contributed by atoms with E-state index in [9.17, 15) is 9.59 Å². The minimum Gasteiger partial charge on any atom is -0.468 e. The van der Waals surface area contributed by atoms with Crippen LogP contribution in [0.5, 0.6) is 0 Å². The third-order valence-electron chi connectivity index (χ3n) is 2.99. The lowest BCUT2D eigenvalue weighted by Gasteiger charge is -2.36. The van der Waals surface area contributed by atoms with Gasteiger partial charge in [0, 0.05) is 5.56 Å². The van der Waals surface area contributed by atoms with Crippen molar-refractivity contribution in [2.24, 2.45) is 5.41 Å². The van der Waals surface area contributed by atoms with Crippen molar-refractivity contribution >= 4 is 11.8 Å². The van der Waals surface area contributed by atoms with E-state index in [4.69, 9.17) is 9.47 Å². The zero-order chi connectivity index (χ0) is 12.5. The number of rotatable bonds is 3. The Morgan fingerprint density at radius 1 is 1.35 bits per heavy atom. The maximum absolute atomic E-state index is 12.3. The van der Waals surface area contributed by atoms with E-state index in [2.05, 4.69) is 0 Å². The summed E-state index contributed by atoms with van der Waals surface area (Å²) in [6, 6.07) is 7.18. The second-order valence-corrected chi connectivity index (χ2v) is 4.27. The number of aryl methyl sites for hydroxylation is 1. The van der Waals surface area contributed by atoms with Crippen LogP contribution < -0.4 is 0 Å². The molecule has 1 aromatic carbocycles. The first-order valence-corrected chi connectivity index (χ1v) is 5.38. The van der Waals surface area contributed by atoms with Gasteiger partial charge in [0.2, 0.25) is 0 Å². The van der Waals surface area contributed by atoms with Crippen molar-refractivity contribution in [3.63, 3.8) is 0 Å². The molecule has 0 N–H and O–H groups in total. The molecule has 4 nitrogen and oxygen atoms in total. The molecule has 1 aliphatic heterocycles. The first-order valence-electron chi connectivity index (χ1n) is 5.38. The van der Waals surface area contributed by atoms with Gasteiger partial charge in [0.1, 0.15) is 0 Å². The second-order valence-electron chi connectivity index (χ2n) is 4.27. The fourth-order valence-corrected chi connectivity index (χ4v) is 1.91. The normalized spacial score (nSPS) is 17.1. The van der Waals surface area contributed by atoms with Crippen LogP contribution in [0.25, 0.3) is 0 Å². The van der Waals surface area contributed by atoms with Crippen LogP contribution in [-0.4, -0.2) is 32.1 Å². The Labute approximate surface area is 99.5 Å². The van der Waals surface area contributed by atoms with E-state index < -0.39 is 11.4 Å². The monoisotopic (exact) mass is 234 g/mol. The van der Waals surface area contributed by atoms with E-state index in [0.717, 1.165) is 5.56 Å². The van der Waals surface area contributed by atoms with Gasteiger partial charge in [-0.2, -0.15) is 0 Å². The highest BCUT2D eigenvalue weighted by atomic mass is 16.5. The highest BCUT2D eigenvalue weighted by Gasteiger charge is 2.53. The number of ketones is 1. The molecule has 0 aliphatic carbocycles. The molecule has 0 atom stereocenters. The predicted molar refractivity (Wildman–Crippen MR) is 60.8 cm³/mol. The summed E-state index contributed by atoms with van der Waals surface area (Å²) in [5.74, 6) is -0.741. The molecule has 0 saturated carbocycles. The van der Waals surface area contributed by atoms with Crippen molar-refractivity contribution in [3.05, 3.63) is 35.4 Å². The van der Waals surface area contributed by atoms with Crippen LogP contribution >= 0.6 is 0 Å². The topological polar surface area (TPSA) is 52.6 Å². The maximum atomic E-state index is 12.3. The summed E-state index contributed by atoms with van der Waals surface area (Å²) in [5, 5.41) is 0. The van der Waals surface area contributed by atoms with Gasteiger partial charge >= 0.3 is 5.97 Å². The molecular weight excluding hydrogens is 220 g/mol. The van der Waals surface area contributed by atoms with Crippen molar-refractivity contribution in [1.29, 1.82) is 0 Å². The molecule has 17 heavy (non-hydrogen) atoms. The number of hydrogen-bond donors (Lipinski definition) is 0. The molecule has 1 fully saturated rings. The first-order chi connectivity index (χ1) is 8.10.